The van der Waals surface area contributed by atoms with Crippen molar-refractivity contribution < 1.29 is 14.3 Å². The minimum absolute atomic E-state index is 0.0226. The van der Waals surface area contributed by atoms with Gasteiger partial charge in [0.25, 0.3) is 0 Å². The first kappa shape index (κ1) is 10.7. The van der Waals surface area contributed by atoms with E-state index in [9.17, 15) is 4.79 Å². The van der Waals surface area contributed by atoms with Crippen LogP contribution in [0.3, 0.4) is 0 Å². The molecule has 0 bridgehead atoms. The predicted molar refractivity (Wildman–Crippen MR) is 49.7 cm³/mol. The van der Waals surface area contributed by atoms with Crippen molar-refractivity contribution in [2.24, 2.45) is 0 Å². The number of ether oxygens (including phenoxy) is 2. The van der Waals surface area contributed by atoms with E-state index in [0.717, 1.165) is 13.0 Å². The molecular weight excluding hydrogens is 168 g/mol. The maximum atomic E-state index is 11.0. The van der Waals surface area contributed by atoms with E-state index in [-0.39, 0.29) is 18.0 Å². The maximum Gasteiger partial charge on any atom is 0.166 e. The van der Waals surface area contributed by atoms with Crippen molar-refractivity contribution in [1.29, 1.82) is 0 Å². The monoisotopic (exact) mass is 186 g/mol. The third kappa shape index (κ3) is 2.78. The molecule has 0 aromatic carbocycles. The molecular formula is C10H18O3. The standard InChI is InChI=1S/C10H18O3/c1-3-4-5-6-13-9-7-8(11)10(9)12-2/h9-10H,3-7H2,1-2H3. The summed E-state index contributed by atoms with van der Waals surface area (Å²) in [5.41, 5.74) is 0. The number of carbonyl (C=O) groups excluding carboxylic acids is 1. The number of rotatable bonds is 6. The van der Waals surface area contributed by atoms with Crippen LogP contribution in [0.5, 0.6) is 0 Å². The van der Waals surface area contributed by atoms with Crippen LogP contribution in [0.1, 0.15) is 32.6 Å². The molecule has 2 atom stereocenters. The summed E-state index contributed by atoms with van der Waals surface area (Å²) in [7, 11) is 1.56. The Balaban J connectivity index is 2.06. The van der Waals surface area contributed by atoms with E-state index in [1.165, 1.54) is 12.8 Å². The molecule has 3 nitrogen and oxygen atoms in total. The molecule has 0 aliphatic heterocycles. The Kier molecular flexibility index (Phi) is 4.39. The summed E-state index contributed by atoms with van der Waals surface area (Å²) < 4.78 is 10.5. The van der Waals surface area contributed by atoms with Gasteiger partial charge in [0.2, 0.25) is 0 Å². The van der Waals surface area contributed by atoms with Crippen LogP contribution in [-0.2, 0) is 14.3 Å². The molecule has 1 saturated carbocycles. The van der Waals surface area contributed by atoms with Gasteiger partial charge < -0.3 is 9.47 Å². The summed E-state index contributed by atoms with van der Waals surface area (Å²) in [6, 6.07) is 0. The number of hydrogen-bond acceptors (Lipinski definition) is 3. The summed E-state index contributed by atoms with van der Waals surface area (Å²) in [5, 5.41) is 0. The first-order chi connectivity index (χ1) is 6.29. The smallest absolute Gasteiger partial charge is 0.166 e. The van der Waals surface area contributed by atoms with Gasteiger partial charge in [-0.05, 0) is 6.42 Å². The highest BCUT2D eigenvalue weighted by atomic mass is 16.5. The molecule has 0 N–H and O–H groups in total. The van der Waals surface area contributed by atoms with Gasteiger partial charge in [-0.3, -0.25) is 4.79 Å². The van der Waals surface area contributed by atoms with Gasteiger partial charge in [-0.1, -0.05) is 19.8 Å². The normalized spacial score (nSPS) is 27.4. The van der Waals surface area contributed by atoms with Crippen molar-refractivity contribution >= 4 is 5.78 Å². The lowest BCUT2D eigenvalue weighted by Gasteiger charge is -2.33. The third-order valence-corrected chi connectivity index (χ3v) is 2.39. The number of Topliss-reactive ketones (excluding diaryl/α,β-unsaturated/α-hetero) is 1. The average Bonchev–Trinajstić information content (AvgIpc) is 2.11. The summed E-state index contributed by atoms with van der Waals surface area (Å²) in [6.07, 6.45) is 3.73. The van der Waals surface area contributed by atoms with Crippen LogP contribution in [0.2, 0.25) is 0 Å². The Morgan fingerprint density at radius 2 is 2.23 bits per heavy atom. The molecule has 1 rings (SSSR count). The second-order valence-corrected chi connectivity index (χ2v) is 3.44. The number of hydrogen-bond donors (Lipinski definition) is 0. The predicted octanol–water partition coefficient (Wildman–Crippen LogP) is 1.55. The van der Waals surface area contributed by atoms with Crippen molar-refractivity contribution in [2.75, 3.05) is 13.7 Å². The highest BCUT2D eigenvalue weighted by molar-refractivity contribution is 5.90. The molecule has 0 aromatic rings. The lowest BCUT2D eigenvalue weighted by molar-refractivity contribution is -0.161. The highest BCUT2D eigenvalue weighted by Gasteiger charge is 2.40. The van der Waals surface area contributed by atoms with E-state index >= 15 is 0 Å². The lowest BCUT2D eigenvalue weighted by atomic mass is 9.90. The van der Waals surface area contributed by atoms with E-state index in [1.54, 1.807) is 7.11 Å². The molecule has 1 aliphatic carbocycles. The molecule has 1 aliphatic rings. The van der Waals surface area contributed by atoms with Crippen molar-refractivity contribution in [1.82, 2.24) is 0 Å². The van der Waals surface area contributed by atoms with E-state index in [4.69, 9.17) is 9.47 Å². The molecule has 0 aromatic heterocycles. The molecule has 3 heteroatoms. The fraction of sp³-hybridized carbons (Fsp3) is 0.900. The topological polar surface area (TPSA) is 35.5 Å². The van der Waals surface area contributed by atoms with Crippen molar-refractivity contribution in [3.63, 3.8) is 0 Å². The first-order valence-electron chi connectivity index (χ1n) is 4.96. The number of carbonyl (C=O) groups is 1. The fourth-order valence-corrected chi connectivity index (χ4v) is 1.48. The van der Waals surface area contributed by atoms with E-state index in [0.29, 0.717) is 6.42 Å². The molecule has 2 unspecified atom stereocenters. The van der Waals surface area contributed by atoms with Gasteiger partial charge in [-0.25, -0.2) is 0 Å². The van der Waals surface area contributed by atoms with Crippen LogP contribution >= 0.6 is 0 Å². The van der Waals surface area contributed by atoms with Crippen LogP contribution in [0, 0.1) is 0 Å². The van der Waals surface area contributed by atoms with Crippen LogP contribution in [0.15, 0.2) is 0 Å². The number of ketones is 1. The molecule has 0 amide bonds. The lowest BCUT2D eigenvalue weighted by Crippen LogP contribution is -2.50. The summed E-state index contributed by atoms with van der Waals surface area (Å²) in [6.45, 7) is 2.91. The Morgan fingerprint density at radius 1 is 1.46 bits per heavy atom. The summed E-state index contributed by atoms with van der Waals surface area (Å²) >= 11 is 0. The molecule has 1 fully saturated rings. The van der Waals surface area contributed by atoms with E-state index in [2.05, 4.69) is 6.92 Å². The van der Waals surface area contributed by atoms with Crippen molar-refractivity contribution in [2.45, 2.75) is 44.8 Å². The third-order valence-electron chi connectivity index (χ3n) is 2.39. The molecule has 0 heterocycles. The first-order valence-corrected chi connectivity index (χ1v) is 4.96. The van der Waals surface area contributed by atoms with Gasteiger partial charge >= 0.3 is 0 Å². The Morgan fingerprint density at radius 3 is 2.77 bits per heavy atom. The zero-order valence-corrected chi connectivity index (χ0v) is 8.41. The highest BCUT2D eigenvalue weighted by Crippen LogP contribution is 2.22. The molecule has 0 spiro atoms. The van der Waals surface area contributed by atoms with Crippen molar-refractivity contribution in [3.05, 3.63) is 0 Å². The zero-order chi connectivity index (χ0) is 9.68. The van der Waals surface area contributed by atoms with Gasteiger partial charge in [-0.2, -0.15) is 0 Å². The molecule has 76 valence electrons. The number of unbranched alkanes of at least 4 members (excludes halogenated alkanes) is 2. The van der Waals surface area contributed by atoms with Gasteiger partial charge in [0.05, 0.1) is 6.10 Å². The van der Waals surface area contributed by atoms with Crippen LogP contribution < -0.4 is 0 Å². The quantitative estimate of drug-likeness (QED) is 0.590. The maximum absolute atomic E-state index is 11.0. The Labute approximate surface area is 79.4 Å². The largest absolute Gasteiger partial charge is 0.375 e. The molecule has 0 saturated heterocycles. The second-order valence-electron chi connectivity index (χ2n) is 3.44. The molecule has 13 heavy (non-hydrogen) atoms. The minimum atomic E-state index is -0.290. The van der Waals surface area contributed by atoms with Gasteiger partial charge in [0.1, 0.15) is 6.10 Å². The van der Waals surface area contributed by atoms with Crippen LogP contribution in [-0.4, -0.2) is 31.7 Å². The van der Waals surface area contributed by atoms with Gasteiger partial charge in [0.15, 0.2) is 5.78 Å². The SMILES string of the molecule is CCCCCOC1CC(=O)C1OC. The minimum Gasteiger partial charge on any atom is -0.375 e. The van der Waals surface area contributed by atoms with Gasteiger partial charge in [0, 0.05) is 20.1 Å². The molecule has 0 radical (unpaired) electrons. The van der Waals surface area contributed by atoms with Gasteiger partial charge in [-0.15, -0.1) is 0 Å². The summed E-state index contributed by atoms with van der Waals surface area (Å²) in [4.78, 5) is 11.0. The van der Waals surface area contributed by atoms with E-state index < -0.39 is 0 Å². The van der Waals surface area contributed by atoms with Crippen LogP contribution in [0.4, 0.5) is 0 Å². The number of methoxy groups -OCH3 is 1. The second kappa shape index (κ2) is 5.35. The van der Waals surface area contributed by atoms with E-state index in [1.807, 2.05) is 0 Å². The Bertz CT molecular complexity index is 168. The van der Waals surface area contributed by atoms with Crippen LogP contribution in [0.25, 0.3) is 0 Å². The van der Waals surface area contributed by atoms with Crippen molar-refractivity contribution in [3.8, 4) is 0 Å². The fourth-order valence-electron chi connectivity index (χ4n) is 1.48. The average molecular weight is 186 g/mol. The Hall–Kier alpha value is -0.410. The zero-order valence-electron chi connectivity index (χ0n) is 8.41. The summed E-state index contributed by atoms with van der Waals surface area (Å²) in [5.74, 6) is 0.169.